The van der Waals surface area contributed by atoms with Gasteiger partial charge in [-0.15, -0.1) is 0 Å². The lowest BCUT2D eigenvalue weighted by molar-refractivity contribution is -0.125. The van der Waals surface area contributed by atoms with Crippen LogP contribution in [0.25, 0.3) is 0 Å². The van der Waals surface area contributed by atoms with Gasteiger partial charge in [-0.05, 0) is 43.6 Å². The molecule has 6 nitrogen and oxygen atoms in total. The average molecular weight is 368 g/mol. The quantitative estimate of drug-likeness (QED) is 0.730. The Balaban J connectivity index is 1.41. The van der Waals surface area contributed by atoms with Gasteiger partial charge in [0.1, 0.15) is 5.76 Å². The monoisotopic (exact) mass is 368 g/mol. The molecule has 1 aromatic carbocycles. The SMILES string of the molecule is O=C(NCC(c1ccco1)N1CCCCC1)C1CNNC1c1ccccc1. The van der Waals surface area contributed by atoms with Crippen LogP contribution >= 0.6 is 0 Å². The van der Waals surface area contributed by atoms with Crippen molar-refractivity contribution in [1.29, 1.82) is 0 Å². The molecule has 0 radical (unpaired) electrons. The van der Waals surface area contributed by atoms with Gasteiger partial charge < -0.3 is 9.73 Å². The molecular formula is C21H28N4O2. The van der Waals surface area contributed by atoms with Crippen LogP contribution < -0.4 is 16.2 Å². The fourth-order valence-corrected chi connectivity index (χ4v) is 4.17. The smallest absolute Gasteiger partial charge is 0.226 e. The molecule has 2 saturated heterocycles. The van der Waals surface area contributed by atoms with Gasteiger partial charge in [-0.25, -0.2) is 5.43 Å². The Morgan fingerprint density at radius 1 is 1.15 bits per heavy atom. The molecule has 3 atom stereocenters. The van der Waals surface area contributed by atoms with Crippen LogP contribution in [0.5, 0.6) is 0 Å². The number of rotatable bonds is 6. The van der Waals surface area contributed by atoms with E-state index in [1.165, 1.54) is 19.3 Å². The molecule has 2 fully saturated rings. The molecule has 2 aliphatic rings. The predicted molar refractivity (Wildman–Crippen MR) is 104 cm³/mol. The molecule has 3 N–H and O–H groups in total. The topological polar surface area (TPSA) is 69.5 Å². The second kappa shape index (κ2) is 8.69. The Hall–Kier alpha value is -2.15. The highest BCUT2D eigenvalue weighted by Crippen LogP contribution is 2.27. The molecule has 1 aromatic heterocycles. The molecule has 0 spiro atoms. The van der Waals surface area contributed by atoms with Gasteiger partial charge in [0.2, 0.25) is 5.91 Å². The number of hydrazine groups is 1. The number of hydrogen-bond acceptors (Lipinski definition) is 5. The summed E-state index contributed by atoms with van der Waals surface area (Å²) in [5, 5.41) is 3.19. The van der Waals surface area contributed by atoms with Crippen molar-refractivity contribution in [3.8, 4) is 0 Å². The van der Waals surface area contributed by atoms with E-state index in [0.29, 0.717) is 13.1 Å². The van der Waals surface area contributed by atoms with Crippen LogP contribution in [0.15, 0.2) is 53.1 Å². The summed E-state index contributed by atoms with van der Waals surface area (Å²) in [4.78, 5) is 15.4. The van der Waals surface area contributed by atoms with Crippen molar-refractivity contribution in [3.63, 3.8) is 0 Å². The van der Waals surface area contributed by atoms with Gasteiger partial charge in [0.25, 0.3) is 0 Å². The number of nitrogens with zero attached hydrogens (tertiary/aromatic N) is 1. The van der Waals surface area contributed by atoms with Crippen LogP contribution in [0, 0.1) is 5.92 Å². The van der Waals surface area contributed by atoms with E-state index in [1.807, 2.05) is 30.3 Å². The average Bonchev–Trinajstić information content (AvgIpc) is 3.42. The zero-order valence-corrected chi connectivity index (χ0v) is 15.6. The van der Waals surface area contributed by atoms with Crippen molar-refractivity contribution < 1.29 is 9.21 Å². The number of furan rings is 1. The molecular weight excluding hydrogens is 340 g/mol. The molecule has 0 aliphatic carbocycles. The summed E-state index contributed by atoms with van der Waals surface area (Å²) in [7, 11) is 0. The summed E-state index contributed by atoms with van der Waals surface area (Å²) in [6.45, 7) is 3.31. The van der Waals surface area contributed by atoms with Crippen molar-refractivity contribution in [2.24, 2.45) is 5.92 Å². The number of benzene rings is 1. The first-order valence-electron chi connectivity index (χ1n) is 9.91. The minimum Gasteiger partial charge on any atom is -0.468 e. The predicted octanol–water partition coefficient (Wildman–Crippen LogP) is 2.39. The van der Waals surface area contributed by atoms with E-state index in [0.717, 1.165) is 24.4 Å². The van der Waals surface area contributed by atoms with Gasteiger partial charge in [0, 0.05) is 13.1 Å². The molecule has 0 saturated carbocycles. The van der Waals surface area contributed by atoms with Crippen molar-refractivity contribution in [3.05, 3.63) is 60.1 Å². The summed E-state index contributed by atoms with van der Waals surface area (Å²) in [6.07, 6.45) is 5.41. The van der Waals surface area contributed by atoms with E-state index in [1.54, 1.807) is 6.26 Å². The number of likely N-dealkylation sites (tertiary alicyclic amines) is 1. The third-order valence-corrected chi connectivity index (χ3v) is 5.65. The zero-order valence-electron chi connectivity index (χ0n) is 15.6. The lowest BCUT2D eigenvalue weighted by Crippen LogP contribution is -2.43. The number of hydrogen-bond donors (Lipinski definition) is 3. The van der Waals surface area contributed by atoms with Crippen molar-refractivity contribution in [2.75, 3.05) is 26.2 Å². The largest absolute Gasteiger partial charge is 0.468 e. The fraction of sp³-hybridized carbons (Fsp3) is 0.476. The molecule has 3 heterocycles. The molecule has 1 amide bonds. The van der Waals surface area contributed by atoms with E-state index >= 15 is 0 Å². The van der Waals surface area contributed by atoms with Crippen LogP contribution in [0.2, 0.25) is 0 Å². The van der Waals surface area contributed by atoms with E-state index in [4.69, 9.17) is 4.42 Å². The van der Waals surface area contributed by atoms with Crippen LogP contribution in [0.1, 0.15) is 42.7 Å². The van der Waals surface area contributed by atoms with Gasteiger partial charge in [-0.1, -0.05) is 36.8 Å². The van der Waals surface area contributed by atoms with E-state index in [-0.39, 0.29) is 23.9 Å². The minimum atomic E-state index is -0.133. The molecule has 144 valence electrons. The Kier molecular flexibility index (Phi) is 5.87. The molecule has 3 unspecified atom stereocenters. The summed E-state index contributed by atoms with van der Waals surface area (Å²) >= 11 is 0. The molecule has 2 aliphatic heterocycles. The Morgan fingerprint density at radius 2 is 1.96 bits per heavy atom. The third-order valence-electron chi connectivity index (χ3n) is 5.65. The number of carbonyl (C=O) groups is 1. The normalized spacial score (nSPS) is 24.6. The van der Waals surface area contributed by atoms with Gasteiger partial charge in [0.15, 0.2) is 0 Å². The molecule has 4 rings (SSSR count). The summed E-state index contributed by atoms with van der Waals surface area (Å²) in [5.41, 5.74) is 7.51. The maximum absolute atomic E-state index is 12.9. The summed E-state index contributed by atoms with van der Waals surface area (Å²) in [5.74, 6) is 0.875. The maximum Gasteiger partial charge on any atom is 0.226 e. The summed E-state index contributed by atoms with van der Waals surface area (Å²) < 4.78 is 5.68. The van der Waals surface area contributed by atoms with Gasteiger partial charge in [0.05, 0.1) is 24.3 Å². The second-order valence-corrected chi connectivity index (χ2v) is 7.39. The van der Waals surface area contributed by atoms with Crippen molar-refractivity contribution in [2.45, 2.75) is 31.3 Å². The van der Waals surface area contributed by atoms with Gasteiger partial charge in [-0.2, -0.15) is 0 Å². The Morgan fingerprint density at radius 3 is 2.70 bits per heavy atom. The number of carbonyl (C=O) groups excluding carboxylic acids is 1. The van der Waals surface area contributed by atoms with Gasteiger partial charge in [-0.3, -0.25) is 15.1 Å². The highest BCUT2D eigenvalue weighted by atomic mass is 16.3. The minimum absolute atomic E-state index is 0.0109. The lowest BCUT2D eigenvalue weighted by Gasteiger charge is -2.33. The first-order valence-corrected chi connectivity index (χ1v) is 9.91. The van der Waals surface area contributed by atoms with Crippen molar-refractivity contribution in [1.82, 2.24) is 21.1 Å². The number of piperidine rings is 1. The van der Waals surface area contributed by atoms with Crippen LogP contribution in [-0.4, -0.2) is 37.0 Å². The lowest BCUT2D eigenvalue weighted by atomic mass is 9.94. The maximum atomic E-state index is 12.9. The van der Waals surface area contributed by atoms with Crippen molar-refractivity contribution >= 4 is 5.91 Å². The number of amides is 1. The van der Waals surface area contributed by atoms with Crippen LogP contribution in [-0.2, 0) is 4.79 Å². The van der Waals surface area contributed by atoms with Crippen LogP contribution in [0.3, 0.4) is 0 Å². The third kappa shape index (κ3) is 4.24. The van der Waals surface area contributed by atoms with E-state index in [2.05, 4.69) is 33.2 Å². The summed E-state index contributed by atoms with van der Waals surface area (Å²) in [6, 6.07) is 14.1. The fourth-order valence-electron chi connectivity index (χ4n) is 4.17. The molecule has 27 heavy (non-hydrogen) atoms. The number of nitrogens with one attached hydrogen (secondary N) is 3. The standard InChI is InChI=1S/C21H28N4O2/c26-21(17-14-23-24-20(17)16-8-3-1-4-9-16)22-15-18(19-10-7-13-27-19)25-11-5-2-6-12-25/h1,3-4,7-10,13,17-18,20,23-24H,2,5-6,11-12,14-15H2,(H,22,26). The van der Waals surface area contributed by atoms with E-state index < -0.39 is 0 Å². The highest BCUT2D eigenvalue weighted by molar-refractivity contribution is 5.80. The van der Waals surface area contributed by atoms with Gasteiger partial charge >= 0.3 is 0 Å². The molecule has 0 bridgehead atoms. The molecule has 6 heteroatoms. The first kappa shape index (κ1) is 18.2. The molecule has 2 aromatic rings. The Bertz CT molecular complexity index is 713. The second-order valence-electron chi connectivity index (χ2n) is 7.39. The highest BCUT2D eigenvalue weighted by Gasteiger charge is 2.34. The first-order chi connectivity index (χ1) is 13.3. The Labute approximate surface area is 160 Å². The zero-order chi connectivity index (χ0) is 18.5. The van der Waals surface area contributed by atoms with E-state index in [9.17, 15) is 4.79 Å². The van der Waals surface area contributed by atoms with Crippen LogP contribution in [0.4, 0.5) is 0 Å².